The van der Waals surface area contributed by atoms with Crippen LogP contribution in [0.15, 0.2) is 60.7 Å². The Morgan fingerprint density at radius 3 is 2.31 bits per heavy atom. The first-order chi connectivity index (χ1) is 16.6. The molecule has 3 atom stereocenters. The summed E-state index contributed by atoms with van der Waals surface area (Å²) in [7, 11) is 0. The van der Waals surface area contributed by atoms with E-state index in [9.17, 15) is 32.7 Å². The lowest BCUT2D eigenvalue weighted by atomic mass is 9.95. The van der Waals surface area contributed by atoms with Crippen molar-refractivity contribution in [3.63, 3.8) is 0 Å². The molecule has 3 aromatic rings. The minimum atomic E-state index is -1.93. The van der Waals surface area contributed by atoms with Crippen molar-refractivity contribution in [3.8, 4) is 11.1 Å². The summed E-state index contributed by atoms with van der Waals surface area (Å²) in [5, 5.41) is 17.6. The molecule has 4 N–H and O–H groups in total. The van der Waals surface area contributed by atoms with Crippen molar-refractivity contribution >= 4 is 23.4 Å². The Kier molecular flexibility index (Phi) is 6.57. The van der Waals surface area contributed by atoms with Crippen LogP contribution >= 0.6 is 0 Å². The Morgan fingerprint density at radius 2 is 1.60 bits per heavy atom. The molecule has 0 aliphatic carbocycles. The molecule has 7 nitrogen and oxygen atoms in total. The van der Waals surface area contributed by atoms with Crippen LogP contribution in [0.25, 0.3) is 11.1 Å². The molecule has 2 unspecified atom stereocenters. The topological polar surface area (TPSA) is 108 Å². The van der Waals surface area contributed by atoms with Crippen LogP contribution < -0.4 is 16.0 Å². The van der Waals surface area contributed by atoms with Gasteiger partial charge in [-0.3, -0.25) is 14.4 Å². The number of carbonyl (C=O) groups is 3. The SMILES string of the molecule is C[C@H](NC(=O)C(O)c1cc(F)cc(F)c1)C(=O)NC1C(=O)Nc2ccc(F)cc2-c2ccccc21. The van der Waals surface area contributed by atoms with E-state index >= 15 is 0 Å². The second-order valence-corrected chi connectivity index (χ2v) is 8.04. The average molecular weight is 483 g/mol. The molecule has 180 valence electrons. The van der Waals surface area contributed by atoms with Crippen LogP contribution in [0.2, 0.25) is 0 Å². The standard InChI is InChI=1S/C25H20F3N3O4/c1-12(29-25(35)22(32)13-8-15(27)10-16(28)9-13)23(33)31-21-18-5-3-2-4-17(18)19-11-14(26)6-7-20(19)30-24(21)34/h2-12,21-22,32H,1H3,(H,29,35)(H,30,34)(H,31,33)/t12-,21?,22?/m0/s1. The van der Waals surface area contributed by atoms with E-state index in [1.54, 1.807) is 24.3 Å². The van der Waals surface area contributed by atoms with Crippen molar-refractivity contribution in [2.24, 2.45) is 0 Å². The molecule has 0 saturated carbocycles. The fourth-order valence-corrected chi connectivity index (χ4v) is 3.84. The van der Waals surface area contributed by atoms with Gasteiger partial charge in [-0.2, -0.15) is 0 Å². The molecule has 0 radical (unpaired) electrons. The number of aliphatic hydroxyl groups excluding tert-OH is 1. The largest absolute Gasteiger partial charge is 0.378 e. The number of amides is 3. The highest BCUT2D eigenvalue weighted by Gasteiger charge is 2.32. The Hall–Kier alpha value is -4.18. The van der Waals surface area contributed by atoms with E-state index in [1.165, 1.54) is 25.1 Å². The van der Waals surface area contributed by atoms with E-state index in [2.05, 4.69) is 16.0 Å². The number of hydrogen-bond donors (Lipinski definition) is 4. The van der Waals surface area contributed by atoms with Gasteiger partial charge in [0.2, 0.25) is 5.91 Å². The average Bonchev–Trinajstić information content (AvgIpc) is 2.92. The summed E-state index contributed by atoms with van der Waals surface area (Å²) >= 11 is 0. The number of benzene rings is 3. The molecule has 4 rings (SSSR count). The zero-order valence-corrected chi connectivity index (χ0v) is 18.3. The van der Waals surface area contributed by atoms with E-state index in [4.69, 9.17) is 0 Å². The van der Waals surface area contributed by atoms with Gasteiger partial charge in [0, 0.05) is 17.3 Å². The molecule has 3 amide bonds. The van der Waals surface area contributed by atoms with Crippen LogP contribution in [0.1, 0.15) is 30.2 Å². The van der Waals surface area contributed by atoms with Crippen LogP contribution in [0.4, 0.5) is 18.9 Å². The summed E-state index contributed by atoms with van der Waals surface area (Å²) in [5.74, 6) is -4.85. The quantitative estimate of drug-likeness (QED) is 0.447. The monoisotopic (exact) mass is 483 g/mol. The maximum Gasteiger partial charge on any atom is 0.254 e. The summed E-state index contributed by atoms with van der Waals surface area (Å²) in [6.07, 6.45) is -1.93. The fourth-order valence-electron chi connectivity index (χ4n) is 3.84. The molecule has 1 aliphatic heterocycles. The lowest BCUT2D eigenvalue weighted by molar-refractivity contribution is -0.134. The number of hydrogen-bond acceptors (Lipinski definition) is 4. The third kappa shape index (κ3) is 5.02. The van der Waals surface area contributed by atoms with Crippen molar-refractivity contribution in [3.05, 3.63) is 89.2 Å². The Balaban J connectivity index is 1.52. The predicted octanol–water partition coefficient (Wildman–Crippen LogP) is 3.12. The summed E-state index contributed by atoms with van der Waals surface area (Å²) in [5.41, 5.74) is 1.43. The minimum Gasteiger partial charge on any atom is -0.378 e. The van der Waals surface area contributed by atoms with Crippen molar-refractivity contribution in [1.29, 1.82) is 0 Å². The van der Waals surface area contributed by atoms with Crippen LogP contribution in [-0.4, -0.2) is 28.9 Å². The highest BCUT2D eigenvalue weighted by atomic mass is 19.1. The third-order valence-electron chi connectivity index (χ3n) is 5.55. The van der Waals surface area contributed by atoms with Crippen molar-refractivity contribution in [2.75, 3.05) is 5.32 Å². The van der Waals surface area contributed by atoms with Gasteiger partial charge in [0.15, 0.2) is 6.10 Å². The van der Waals surface area contributed by atoms with Crippen molar-refractivity contribution in [2.45, 2.75) is 25.1 Å². The lowest BCUT2D eigenvalue weighted by Gasteiger charge is -2.22. The molecule has 0 saturated heterocycles. The minimum absolute atomic E-state index is 0.324. The highest BCUT2D eigenvalue weighted by Crippen LogP contribution is 2.37. The van der Waals surface area contributed by atoms with E-state index in [-0.39, 0.29) is 5.56 Å². The van der Waals surface area contributed by atoms with Gasteiger partial charge in [0.25, 0.3) is 11.8 Å². The van der Waals surface area contributed by atoms with Crippen LogP contribution in [0.5, 0.6) is 0 Å². The molecule has 0 spiro atoms. The van der Waals surface area contributed by atoms with Gasteiger partial charge in [-0.15, -0.1) is 0 Å². The number of carbonyl (C=O) groups excluding carboxylic acids is 3. The van der Waals surface area contributed by atoms with Gasteiger partial charge in [-0.1, -0.05) is 24.3 Å². The molecule has 3 aromatic carbocycles. The maximum atomic E-state index is 13.9. The number of aliphatic hydroxyl groups is 1. The first-order valence-electron chi connectivity index (χ1n) is 10.6. The van der Waals surface area contributed by atoms with Gasteiger partial charge >= 0.3 is 0 Å². The second kappa shape index (κ2) is 9.59. The van der Waals surface area contributed by atoms with Crippen molar-refractivity contribution < 1.29 is 32.7 Å². The van der Waals surface area contributed by atoms with Gasteiger partial charge in [-0.05, 0) is 53.9 Å². The lowest BCUT2D eigenvalue weighted by Crippen LogP contribution is -2.48. The zero-order valence-electron chi connectivity index (χ0n) is 18.3. The van der Waals surface area contributed by atoms with Crippen molar-refractivity contribution in [1.82, 2.24) is 10.6 Å². The van der Waals surface area contributed by atoms with E-state index in [0.717, 1.165) is 12.1 Å². The Morgan fingerprint density at radius 1 is 0.914 bits per heavy atom. The molecule has 1 heterocycles. The molecular formula is C25H20F3N3O4. The molecule has 1 aliphatic rings. The van der Waals surface area contributed by atoms with Gasteiger partial charge in [-0.25, -0.2) is 13.2 Å². The number of rotatable bonds is 5. The first kappa shape index (κ1) is 24.0. The smallest absolute Gasteiger partial charge is 0.254 e. The summed E-state index contributed by atoms with van der Waals surface area (Å²) in [6, 6.07) is 10.4. The summed E-state index contributed by atoms with van der Waals surface area (Å²) < 4.78 is 40.7. The molecule has 0 aromatic heterocycles. The molecule has 0 fully saturated rings. The zero-order chi connectivity index (χ0) is 25.3. The maximum absolute atomic E-state index is 13.9. The fraction of sp³-hybridized carbons (Fsp3) is 0.160. The number of fused-ring (bicyclic) bond motifs is 3. The Labute approximate surface area is 198 Å². The summed E-state index contributed by atoms with van der Waals surface area (Å²) in [6.45, 7) is 1.32. The number of anilines is 1. The molecular weight excluding hydrogens is 463 g/mol. The van der Waals surface area contributed by atoms with Gasteiger partial charge in [0.1, 0.15) is 29.5 Å². The van der Waals surface area contributed by atoms with Gasteiger partial charge in [0.05, 0.1) is 0 Å². The van der Waals surface area contributed by atoms with Crippen LogP contribution in [-0.2, 0) is 14.4 Å². The second-order valence-electron chi connectivity index (χ2n) is 8.04. The number of halogens is 3. The van der Waals surface area contributed by atoms with E-state index < -0.39 is 53.4 Å². The van der Waals surface area contributed by atoms with E-state index in [0.29, 0.717) is 28.4 Å². The van der Waals surface area contributed by atoms with E-state index in [1.807, 2.05) is 0 Å². The number of nitrogens with one attached hydrogen (secondary N) is 3. The third-order valence-corrected chi connectivity index (χ3v) is 5.55. The van der Waals surface area contributed by atoms with Gasteiger partial charge < -0.3 is 21.1 Å². The van der Waals surface area contributed by atoms with Crippen LogP contribution in [0, 0.1) is 17.5 Å². The Bertz CT molecular complexity index is 1310. The molecule has 0 bridgehead atoms. The normalized spacial score (nSPS) is 16.1. The van der Waals surface area contributed by atoms with Crippen LogP contribution in [0.3, 0.4) is 0 Å². The first-order valence-corrected chi connectivity index (χ1v) is 10.6. The molecule has 35 heavy (non-hydrogen) atoms. The highest BCUT2D eigenvalue weighted by molar-refractivity contribution is 6.05. The molecule has 10 heteroatoms. The predicted molar refractivity (Wildman–Crippen MR) is 120 cm³/mol. The summed E-state index contributed by atoms with van der Waals surface area (Å²) in [4.78, 5) is 38.2.